The molecule has 0 spiro atoms. The van der Waals surface area contributed by atoms with Crippen molar-refractivity contribution >= 4 is 11.8 Å². The molecule has 0 saturated heterocycles. The Hall–Kier alpha value is -5.74. The monoisotopic (exact) mass is 666 g/mol. The van der Waals surface area contributed by atoms with Crippen LogP contribution >= 0.6 is 0 Å². The predicted molar refractivity (Wildman–Crippen MR) is 206 cm³/mol. The van der Waals surface area contributed by atoms with Gasteiger partial charge in [-0.25, -0.2) is 9.98 Å². The summed E-state index contributed by atoms with van der Waals surface area (Å²) >= 11 is 0. The summed E-state index contributed by atoms with van der Waals surface area (Å²) in [5.74, 6) is 1.20. The number of aryl methyl sites for hydroxylation is 4. The molecule has 0 saturated carbocycles. The Labute approximate surface area is 301 Å². The van der Waals surface area contributed by atoms with Gasteiger partial charge in [0.1, 0.15) is 12.1 Å². The van der Waals surface area contributed by atoms with Crippen LogP contribution < -0.4 is 0 Å². The lowest BCUT2D eigenvalue weighted by molar-refractivity contribution is 0.0871. The fraction of sp³-hybridized carbons (Fsp3) is 0.191. The third kappa shape index (κ3) is 5.85. The normalized spacial score (nSPS) is 18.7. The third-order valence-corrected chi connectivity index (χ3v) is 10.2. The molecule has 2 aliphatic rings. The van der Waals surface area contributed by atoms with Gasteiger partial charge in [-0.05, 0) is 38.8 Å². The molecule has 0 aromatic heterocycles. The number of hydrogen-bond donors (Lipinski definition) is 0. The van der Waals surface area contributed by atoms with Crippen molar-refractivity contribution in [2.75, 3.05) is 0 Å². The van der Waals surface area contributed by atoms with E-state index in [4.69, 9.17) is 19.5 Å². The van der Waals surface area contributed by atoms with E-state index in [1.807, 2.05) is 12.1 Å². The minimum absolute atomic E-state index is 0.311. The fourth-order valence-corrected chi connectivity index (χ4v) is 7.89. The van der Waals surface area contributed by atoms with Crippen molar-refractivity contribution in [3.8, 4) is 0 Å². The van der Waals surface area contributed by atoms with Gasteiger partial charge in [-0.3, -0.25) is 0 Å². The maximum Gasteiger partial charge on any atom is 0.195 e. The average molecular weight is 667 g/mol. The molecule has 2 aliphatic heterocycles. The topological polar surface area (TPSA) is 43.2 Å². The lowest BCUT2D eigenvalue weighted by Crippen LogP contribution is -2.36. The Balaban J connectivity index is 1.28. The van der Waals surface area contributed by atoms with Gasteiger partial charge in [0.15, 0.2) is 23.0 Å². The Morgan fingerprint density at radius 3 is 1.02 bits per heavy atom. The number of ether oxygens (including phenoxy) is 2. The molecule has 0 amide bonds. The van der Waals surface area contributed by atoms with E-state index in [1.165, 1.54) is 22.3 Å². The van der Waals surface area contributed by atoms with Crippen molar-refractivity contribution in [1.29, 1.82) is 0 Å². The van der Waals surface area contributed by atoms with E-state index in [0.29, 0.717) is 18.2 Å². The summed E-state index contributed by atoms with van der Waals surface area (Å²) in [7, 11) is 0. The molecule has 2 atom stereocenters. The summed E-state index contributed by atoms with van der Waals surface area (Å²) in [5.41, 5.74) is 9.29. The van der Waals surface area contributed by atoms with Crippen LogP contribution in [0.5, 0.6) is 0 Å². The molecular weight excluding hydrogens is 625 g/mol. The zero-order valence-corrected chi connectivity index (χ0v) is 29.6. The fourth-order valence-electron chi connectivity index (χ4n) is 7.89. The largest absolute Gasteiger partial charge is 0.462 e. The maximum atomic E-state index is 7.31. The van der Waals surface area contributed by atoms with E-state index in [0.717, 1.165) is 33.4 Å². The highest BCUT2D eigenvalue weighted by Crippen LogP contribution is 2.53. The van der Waals surface area contributed by atoms with Crippen molar-refractivity contribution in [2.45, 2.75) is 57.4 Å². The Morgan fingerprint density at radius 2 is 0.725 bits per heavy atom. The molecule has 0 aliphatic carbocycles. The van der Waals surface area contributed by atoms with Crippen LogP contribution in [0.2, 0.25) is 0 Å². The third-order valence-electron chi connectivity index (χ3n) is 10.2. The predicted octanol–water partition coefficient (Wildman–Crippen LogP) is 10.8. The minimum Gasteiger partial charge on any atom is -0.462 e. The number of benzene rings is 6. The summed E-state index contributed by atoms with van der Waals surface area (Å²) in [5, 5.41) is 0. The average Bonchev–Trinajstić information content (AvgIpc) is 3.73. The molecule has 51 heavy (non-hydrogen) atoms. The molecule has 0 radical (unpaired) electrons. The molecule has 0 unspecified atom stereocenters. The molecule has 252 valence electrons. The highest BCUT2D eigenvalue weighted by molar-refractivity contribution is 5.99. The van der Waals surface area contributed by atoms with E-state index in [9.17, 15) is 0 Å². The van der Waals surface area contributed by atoms with Gasteiger partial charge in [-0.1, -0.05) is 180 Å². The summed E-state index contributed by atoms with van der Waals surface area (Å²) < 4.78 is 14.6. The van der Waals surface area contributed by atoms with Gasteiger partial charge in [0.2, 0.25) is 0 Å². The van der Waals surface area contributed by atoms with Crippen molar-refractivity contribution in [2.24, 2.45) is 9.98 Å². The maximum absolute atomic E-state index is 7.31. The van der Waals surface area contributed by atoms with Crippen LogP contribution in [0.25, 0.3) is 0 Å². The van der Waals surface area contributed by atoms with Crippen molar-refractivity contribution in [1.82, 2.24) is 0 Å². The Kier molecular flexibility index (Phi) is 8.39. The zero-order chi connectivity index (χ0) is 35.0. The molecule has 0 bridgehead atoms. The molecule has 2 heterocycles. The van der Waals surface area contributed by atoms with E-state index < -0.39 is 11.2 Å². The number of aliphatic imine (C=N–C) groups is 2. The van der Waals surface area contributed by atoms with Crippen LogP contribution in [0.15, 0.2) is 168 Å². The first-order chi connectivity index (χ1) is 24.8. The highest BCUT2D eigenvalue weighted by atomic mass is 16.5. The number of nitrogens with zero attached hydrogens (tertiary/aromatic N) is 2. The highest BCUT2D eigenvalue weighted by Gasteiger charge is 2.54. The van der Waals surface area contributed by atoms with Gasteiger partial charge in [0.25, 0.3) is 0 Å². The Bertz CT molecular complexity index is 2000. The molecule has 4 heteroatoms. The smallest absolute Gasteiger partial charge is 0.195 e. The molecule has 0 fully saturated rings. The summed E-state index contributed by atoms with van der Waals surface area (Å²) in [6, 6.07) is 54.9. The molecule has 8 rings (SSSR count). The van der Waals surface area contributed by atoms with Crippen molar-refractivity contribution in [3.63, 3.8) is 0 Å². The standard InChI is InChI=1S/C47H42N2O2/c1-32-15-11-23-38(27-32)46(39-24-12-16-33(2)28-39)44(36-19-7-5-8-20-36)48-42(50-46)31-43-49-45(37-21-9-6-10-22-37)47(51-43,40-25-13-17-34(3)29-40)41-26-14-18-35(4)30-41/h5-30,44-45H,31H2,1-4H3/t44-,45-/m1/s1. The lowest BCUT2D eigenvalue weighted by Gasteiger charge is -2.36. The molecule has 4 nitrogen and oxygen atoms in total. The van der Waals surface area contributed by atoms with E-state index in [2.05, 4.69) is 173 Å². The van der Waals surface area contributed by atoms with Crippen LogP contribution in [0.4, 0.5) is 0 Å². The van der Waals surface area contributed by atoms with Crippen LogP contribution in [-0.4, -0.2) is 11.8 Å². The van der Waals surface area contributed by atoms with E-state index in [-0.39, 0.29) is 12.1 Å². The molecule has 6 aromatic rings. The van der Waals surface area contributed by atoms with Crippen LogP contribution in [0.3, 0.4) is 0 Å². The lowest BCUT2D eigenvalue weighted by atomic mass is 9.77. The van der Waals surface area contributed by atoms with E-state index in [1.54, 1.807) is 0 Å². The SMILES string of the molecule is Cc1cccc(C2(c3cccc(C)c3)OC(CC3=N[C@H](c4ccccc4)C(c4cccc(C)c4)(c4cccc(C)c4)O3)=N[C@@H]2c2ccccc2)c1. The van der Waals surface area contributed by atoms with Gasteiger partial charge in [-0.2, -0.15) is 0 Å². The van der Waals surface area contributed by atoms with Gasteiger partial charge in [0, 0.05) is 22.3 Å². The van der Waals surface area contributed by atoms with E-state index >= 15 is 0 Å². The van der Waals surface area contributed by atoms with Gasteiger partial charge in [-0.15, -0.1) is 0 Å². The quantitative estimate of drug-likeness (QED) is 0.162. The second-order valence-electron chi connectivity index (χ2n) is 14.0. The van der Waals surface area contributed by atoms with Crippen LogP contribution in [0.1, 0.15) is 74.1 Å². The first kappa shape index (κ1) is 32.5. The van der Waals surface area contributed by atoms with Crippen molar-refractivity contribution < 1.29 is 9.47 Å². The van der Waals surface area contributed by atoms with Gasteiger partial charge in [0.05, 0.1) is 6.42 Å². The first-order valence-electron chi connectivity index (χ1n) is 17.7. The number of rotatable bonds is 8. The summed E-state index contributed by atoms with van der Waals surface area (Å²) in [6.07, 6.45) is 0.311. The van der Waals surface area contributed by atoms with Gasteiger partial charge < -0.3 is 9.47 Å². The van der Waals surface area contributed by atoms with Crippen LogP contribution in [-0.2, 0) is 20.7 Å². The summed E-state index contributed by atoms with van der Waals surface area (Å²) in [4.78, 5) is 10.9. The van der Waals surface area contributed by atoms with Crippen molar-refractivity contribution in [3.05, 3.63) is 213 Å². The molecule has 6 aromatic carbocycles. The number of hydrogen-bond acceptors (Lipinski definition) is 4. The molecule has 0 N–H and O–H groups in total. The summed E-state index contributed by atoms with van der Waals surface area (Å²) in [6.45, 7) is 8.51. The first-order valence-corrected chi connectivity index (χ1v) is 17.7. The Morgan fingerprint density at radius 1 is 0.412 bits per heavy atom. The molecular formula is C47H42N2O2. The van der Waals surface area contributed by atoms with Gasteiger partial charge >= 0.3 is 0 Å². The second-order valence-corrected chi connectivity index (χ2v) is 14.0. The van der Waals surface area contributed by atoms with Crippen LogP contribution in [0, 0.1) is 27.7 Å². The minimum atomic E-state index is -0.892. The zero-order valence-electron chi connectivity index (χ0n) is 29.6. The second kappa shape index (κ2) is 13.2.